The standard InChI is InChI=1S/C14H27NO4/c1-13(2,3)19-12(16)15(14(4,5)17-6)10-11-8-7-9-18-11/h11H,7-10H2,1-6H3. The molecule has 0 aromatic heterocycles. The number of hydrogen-bond donors (Lipinski definition) is 0. The fraction of sp³-hybridized carbons (Fsp3) is 0.929. The third kappa shape index (κ3) is 4.99. The number of carbonyl (C=O) groups excluding carboxylic acids is 1. The van der Waals surface area contributed by atoms with Crippen LogP contribution < -0.4 is 0 Å². The average molecular weight is 273 g/mol. The molecule has 1 heterocycles. The van der Waals surface area contributed by atoms with E-state index in [1.165, 1.54) is 0 Å². The lowest BCUT2D eigenvalue weighted by Gasteiger charge is -2.39. The van der Waals surface area contributed by atoms with E-state index in [1.807, 2.05) is 34.6 Å². The highest BCUT2D eigenvalue weighted by Gasteiger charge is 2.36. The molecule has 0 aromatic carbocycles. The molecule has 1 rings (SSSR count). The van der Waals surface area contributed by atoms with Gasteiger partial charge in [0.1, 0.15) is 11.3 Å². The summed E-state index contributed by atoms with van der Waals surface area (Å²) in [6.45, 7) is 10.5. The number of rotatable bonds is 4. The third-order valence-corrected chi connectivity index (χ3v) is 3.17. The average Bonchev–Trinajstić information content (AvgIpc) is 2.75. The summed E-state index contributed by atoms with van der Waals surface area (Å²) in [6.07, 6.45) is 1.72. The zero-order valence-electron chi connectivity index (χ0n) is 13.0. The van der Waals surface area contributed by atoms with E-state index in [4.69, 9.17) is 14.2 Å². The lowest BCUT2D eigenvalue weighted by molar-refractivity contribution is -0.118. The quantitative estimate of drug-likeness (QED) is 0.739. The molecule has 0 spiro atoms. The molecule has 1 fully saturated rings. The van der Waals surface area contributed by atoms with Crippen molar-refractivity contribution >= 4 is 6.09 Å². The van der Waals surface area contributed by atoms with Gasteiger partial charge in [0.25, 0.3) is 0 Å². The molecule has 5 nitrogen and oxygen atoms in total. The second-order valence-electron chi connectivity index (χ2n) is 6.38. The predicted molar refractivity (Wildman–Crippen MR) is 73.0 cm³/mol. The van der Waals surface area contributed by atoms with Crippen LogP contribution in [0.5, 0.6) is 0 Å². The zero-order chi connectivity index (χ0) is 14.7. The van der Waals surface area contributed by atoms with Crippen LogP contribution in [0.25, 0.3) is 0 Å². The number of amides is 1. The van der Waals surface area contributed by atoms with Gasteiger partial charge in [-0.1, -0.05) is 0 Å². The Bertz CT molecular complexity index is 303. The van der Waals surface area contributed by atoms with Gasteiger partial charge in [-0.15, -0.1) is 0 Å². The van der Waals surface area contributed by atoms with Gasteiger partial charge in [0, 0.05) is 13.7 Å². The van der Waals surface area contributed by atoms with Gasteiger partial charge in [-0.05, 0) is 47.5 Å². The van der Waals surface area contributed by atoms with E-state index < -0.39 is 11.3 Å². The fourth-order valence-electron chi connectivity index (χ4n) is 1.93. The zero-order valence-corrected chi connectivity index (χ0v) is 13.0. The van der Waals surface area contributed by atoms with Crippen molar-refractivity contribution in [2.24, 2.45) is 0 Å². The molecule has 1 aliphatic heterocycles. The molecule has 0 radical (unpaired) electrons. The first-order valence-electron chi connectivity index (χ1n) is 6.83. The Hall–Kier alpha value is -0.810. The minimum atomic E-state index is -0.714. The number of ether oxygens (including phenoxy) is 3. The second kappa shape index (κ2) is 6.09. The van der Waals surface area contributed by atoms with Crippen molar-refractivity contribution in [2.75, 3.05) is 20.3 Å². The van der Waals surface area contributed by atoms with Gasteiger partial charge >= 0.3 is 6.09 Å². The molecule has 5 heteroatoms. The van der Waals surface area contributed by atoms with Crippen LogP contribution in [0.15, 0.2) is 0 Å². The lowest BCUT2D eigenvalue weighted by atomic mass is 10.2. The highest BCUT2D eigenvalue weighted by atomic mass is 16.6. The topological polar surface area (TPSA) is 48.0 Å². The molecule has 112 valence electrons. The van der Waals surface area contributed by atoms with E-state index in [1.54, 1.807) is 12.0 Å². The summed E-state index contributed by atoms with van der Waals surface area (Å²) in [5.74, 6) is 0. The highest BCUT2D eigenvalue weighted by Crippen LogP contribution is 2.23. The van der Waals surface area contributed by atoms with E-state index >= 15 is 0 Å². The Morgan fingerprint density at radius 2 is 1.95 bits per heavy atom. The maximum absolute atomic E-state index is 12.3. The van der Waals surface area contributed by atoms with Crippen LogP contribution in [-0.2, 0) is 14.2 Å². The van der Waals surface area contributed by atoms with Crippen LogP contribution in [0.4, 0.5) is 4.79 Å². The summed E-state index contributed by atoms with van der Waals surface area (Å²) < 4.78 is 16.5. The number of methoxy groups -OCH3 is 1. The Balaban J connectivity index is 2.76. The van der Waals surface area contributed by atoms with Gasteiger partial charge in [0.2, 0.25) is 0 Å². The molecular weight excluding hydrogens is 246 g/mol. The maximum Gasteiger partial charge on any atom is 0.412 e. The van der Waals surface area contributed by atoms with Crippen LogP contribution in [0.2, 0.25) is 0 Å². The molecule has 0 aromatic rings. The van der Waals surface area contributed by atoms with Crippen molar-refractivity contribution in [3.8, 4) is 0 Å². The summed E-state index contributed by atoms with van der Waals surface area (Å²) in [5, 5.41) is 0. The Kier molecular flexibility index (Phi) is 5.21. The molecule has 1 saturated heterocycles. The smallest absolute Gasteiger partial charge is 0.412 e. The van der Waals surface area contributed by atoms with Gasteiger partial charge in [-0.2, -0.15) is 0 Å². The van der Waals surface area contributed by atoms with Gasteiger partial charge in [0.15, 0.2) is 0 Å². The molecule has 1 aliphatic rings. The van der Waals surface area contributed by atoms with E-state index in [2.05, 4.69) is 0 Å². The van der Waals surface area contributed by atoms with Gasteiger partial charge < -0.3 is 14.2 Å². The first-order valence-corrected chi connectivity index (χ1v) is 6.83. The second-order valence-corrected chi connectivity index (χ2v) is 6.38. The molecule has 1 atom stereocenters. The molecule has 0 aliphatic carbocycles. The molecule has 0 bridgehead atoms. The first-order chi connectivity index (χ1) is 8.65. The molecule has 19 heavy (non-hydrogen) atoms. The van der Waals surface area contributed by atoms with E-state index in [9.17, 15) is 4.79 Å². The van der Waals surface area contributed by atoms with Crippen LogP contribution in [0.1, 0.15) is 47.5 Å². The number of hydrogen-bond acceptors (Lipinski definition) is 4. The van der Waals surface area contributed by atoms with E-state index in [0.29, 0.717) is 6.54 Å². The SMILES string of the molecule is COC(C)(C)N(CC1CCCO1)C(=O)OC(C)(C)C. The summed E-state index contributed by atoms with van der Waals surface area (Å²) in [4.78, 5) is 13.9. The predicted octanol–water partition coefficient (Wildman–Crippen LogP) is 2.79. The van der Waals surface area contributed by atoms with Crippen molar-refractivity contribution in [1.29, 1.82) is 0 Å². The summed E-state index contributed by atoms with van der Waals surface area (Å²) >= 11 is 0. The van der Waals surface area contributed by atoms with Gasteiger partial charge in [-0.25, -0.2) is 4.79 Å². The summed E-state index contributed by atoms with van der Waals surface area (Å²) in [6, 6.07) is 0. The fourth-order valence-corrected chi connectivity index (χ4v) is 1.93. The number of nitrogens with zero attached hydrogens (tertiary/aromatic N) is 1. The number of carbonyl (C=O) groups is 1. The minimum absolute atomic E-state index is 0.0712. The van der Waals surface area contributed by atoms with Crippen molar-refractivity contribution in [3.63, 3.8) is 0 Å². The molecular formula is C14H27NO4. The normalized spacial score (nSPS) is 20.4. The monoisotopic (exact) mass is 273 g/mol. The summed E-state index contributed by atoms with van der Waals surface area (Å²) in [5.41, 5.74) is -1.23. The maximum atomic E-state index is 12.3. The molecule has 1 amide bonds. The molecule has 0 saturated carbocycles. The van der Waals surface area contributed by atoms with E-state index in [-0.39, 0.29) is 12.2 Å². The van der Waals surface area contributed by atoms with Crippen molar-refractivity contribution in [3.05, 3.63) is 0 Å². The van der Waals surface area contributed by atoms with Crippen LogP contribution >= 0.6 is 0 Å². The highest BCUT2D eigenvalue weighted by molar-refractivity contribution is 5.69. The van der Waals surface area contributed by atoms with Crippen molar-refractivity contribution < 1.29 is 19.0 Å². The van der Waals surface area contributed by atoms with Gasteiger partial charge in [0.05, 0.1) is 12.6 Å². The van der Waals surface area contributed by atoms with Crippen LogP contribution in [0.3, 0.4) is 0 Å². The Morgan fingerprint density at radius 3 is 2.37 bits per heavy atom. The molecule has 1 unspecified atom stereocenters. The molecule has 0 N–H and O–H groups in total. The van der Waals surface area contributed by atoms with Crippen molar-refractivity contribution in [2.45, 2.75) is 64.9 Å². The van der Waals surface area contributed by atoms with E-state index in [0.717, 1.165) is 19.4 Å². The Morgan fingerprint density at radius 1 is 1.32 bits per heavy atom. The van der Waals surface area contributed by atoms with Gasteiger partial charge in [-0.3, -0.25) is 4.90 Å². The lowest BCUT2D eigenvalue weighted by Crippen LogP contribution is -2.53. The summed E-state index contributed by atoms with van der Waals surface area (Å²) in [7, 11) is 1.59. The van der Waals surface area contributed by atoms with Crippen LogP contribution in [-0.4, -0.2) is 48.7 Å². The first kappa shape index (κ1) is 16.2. The van der Waals surface area contributed by atoms with Crippen LogP contribution in [0, 0.1) is 0 Å². The third-order valence-electron chi connectivity index (χ3n) is 3.17. The largest absolute Gasteiger partial charge is 0.444 e. The minimum Gasteiger partial charge on any atom is -0.444 e. The Labute approximate surface area is 116 Å². The van der Waals surface area contributed by atoms with Crippen molar-refractivity contribution in [1.82, 2.24) is 4.90 Å².